The molecule has 0 amide bonds. The smallest absolute Gasteiger partial charge is 0.0618 e. The van der Waals surface area contributed by atoms with E-state index in [0.717, 1.165) is 54.3 Å². The molecular formula is C27H46O2. The molecule has 0 aromatic carbocycles. The van der Waals surface area contributed by atoms with E-state index in [9.17, 15) is 5.11 Å². The van der Waals surface area contributed by atoms with Crippen LogP contribution in [-0.2, 0) is 4.74 Å². The minimum atomic E-state index is -0.0265. The summed E-state index contributed by atoms with van der Waals surface area (Å²) in [5.41, 5.74) is 1.00. The fourth-order valence-corrected chi connectivity index (χ4v) is 9.75. The van der Waals surface area contributed by atoms with E-state index in [1.807, 2.05) is 0 Å². The zero-order valence-electron chi connectivity index (χ0n) is 19.7. The Morgan fingerprint density at radius 1 is 0.966 bits per heavy atom. The topological polar surface area (TPSA) is 29.5 Å². The summed E-state index contributed by atoms with van der Waals surface area (Å²) in [5.74, 6) is 5.79. The van der Waals surface area contributed by atoms with Crippen LogP contribution in [0.1, 0.15) is 98.8 Å². The lowest BCUT2D eigenvalue weighted by Crippen LogP contribution is -2.54. The lowest BCUT2D eigenvalue weighted by atomic mass is 9.44. The number of aliphatic hydroxyl groups is 1. The van der Waals surface area contributed by atoms with Crippen LogP contribution in [-0.4, -0.2) is 23.4 Å². The van der Waals surface area contributed by atoms with Crippen molar-refractivity contribution in [2.75, 3.05) is 0 Å². The molecule has 166 valence electrons. The Hall–Kier alpha value is -0.0800. The molecule has 4 aliphatic carbocycles. The third-order valence-corrected chi connectivity index (χ3v) is 11.3. The first kappa shape index (κ1) is 20.8. The van der Waals surface area contributed by atoms with E-state index in [1.165, 1.54) is 51.4 Å². The molecule has 2 heteroatoms. The highest BCUT2D eigenvalue weighted by Gasteiger charge is 2.65. The molecule has 1 aliphatic heterocycles. The predicted molar refractivity (Wildman–Crippen MR) is 119 cm³/mol. The maximum Gasteiger partial charge on any atom is 0.0618 e. The van der Waals surface area contributed by atoms with Crippen molar-refractivity contribution in [3.63, 3.8) is 0 Å². The van der Waals surface area contributed by atoms with Gasteiger partial charge in [-0.05, 0) is 116 Å². The number of aliphatic hydroxyl groups excluding tert-OH is 1. The number of hydrogen-bond donors (Lipinski definition) is 1. The third kappa shape index (κ3) is 3.09. The molecule has 0 bridgehead atoms. The van der Waals surface area contributed by atoms with Gasteiger partial charge in [-0.2, -0.15) is 0 Å². The highest BCUT2D eigenvalue weighted by Crippen LogP contribution is 2.70. The molecule has 2 nitrogen and oxygen atoms in total. The fourth-order valence-electron chi connectivity index (χ4n) is 9.75. The Bertz CT molecular complexity index is 616. The molecule has 1 saturated heterocycles. The van der Waals surface area contributed by atoms with Crippen LogP contribution in [0, 0.1) is 52.3 Å². The van der Waals surface area contributed by atoms with Crippen molar-refractivity contribution in [1.82, 2.24) is 0 Å². The molecule has 1 heterocycles. The fraction of sp³-hybridized carbons (Fsp3) is 1.00. The van der Waals surface area contributed by atoms with Crippen LogP contribution in [0.5, 0.6) is 0 Å². The molecular weight excluding hydrogens is 356 g/mol. The Morgan fingerprint density at radius 2 is 1.72 bits per heavy atom. The van der Waals surface area contributed by atoms with Gasteiger partial charge in [0, 0.05) is 0 Å². The first-order valence-corrected chi connectivity index (χ1v) is 13.1. The van der Waals surface area contributed by atoms with Crippen molar-refractivity contribution in [3.8, 4) is 0 Å². The molecule has 4 saturated carbocycles. The molecule has 0 aromatic heterocycles. The molecule has 5 aliphatic rings. The van der Waals surface area contributed by atoms with Gasteiger partial charge in [-0.15, -0.1) is 0 Å². The van der Waals surface area contributed by atoms with Crippen molar-refractivity contribution in [1.29, 1.82) is 0 Å². The zero-order chi connectivity index (χ0) is 20.6. The minimum Gasteiger partial charge on any atom is -0.393 e. The van der Waals surface area contributed by atoms with Gasteiger partial charge in [0.2, 0.25) is 0 Å². The lowest BCUT2D eigenvalue weighted by molar-refractivity contribution is -0.130. The van der Waals surface area contributed by atoms with Gasteiger partial charge in [-0.25, -0.2) is 0 Å². The van der Waals surface area contributed by atoms with Gasteiger partial charge in [-0.1, -0.05) is 34.6 Å². The van der Waals surface area contributed by atoms with Crippen molar-refractivity contribution in [2.24, 2.45) is 52.3 Å². The summed E-state index contributed by atoms with van der Waals surface area (Å²) in [5, 5.41) is 10.3. The largest absolute Gasteiger partial charge is 0.393 e. The van der Waals surface area contributed by atoms with Gasteiger partial charge < -0.3 is 9.84 Å². The van der Waals surface area contributed by atoms with Crippen molar-refractivity contribution >= 4 is 0 Å². The number of hydrogen-bond acceptors (Lipinski definition) is 2. The van der Waals surface area contributed by atoms with Gasteiger partial charge in [0.05, 0.1) is 18.3 Å². The number of rotatable bonds is 3. The predicted octanol–water partition coefficient (Wildman–Crippen LogP) is 6.46. The van der Waals surface area contributed by atoms with Gasteiger partial charge >= 0.3 is 0 Å². The molecule has 29 heavy (non-hydrogen) atoms. The van der Waals surface area contributed by atoms with Gasteiger partial charge in [-0.3, -0.25) is 0 Å². The summed E-state index contributed by atoms with van der Waals surface area (Å²) in [4.78, 5) is 0. The van der Waals surface area contributed by atoms with E-state index in [2.05, 4.69) is 34.6 Å². The Balaban J connectivity index is 1.35. The summed E-state index contributed by atoms with van der Waals surface area (Å²) < 4.78 is 6.80. The summed E-state index contributed by atoms with van der Waals surface area (Å²) in [6.07, 6.45) is 14.0. The summed E-state index contributed by atoms with van der Waals surface area (Å²) in [6.45, 7) is 12.5. The second kappa shape index (κ2) is 7.22. The van der Waals surface area contributed by atoms with Crippen LogP contribution in [0.15, 0.2) is 0 Å². The van der Waals surface area contributed by atoms with E-state index in [4.69, 9.17) is 4.74 Å². The van der Waals surface area contributed by atoms with Crippen LogP contribution >= 0.6 is 0 Å². The monoisotopic (exact) mass is 402 g/mol. The van der Waals surface area contributed by atoms with Gasteiger partial charge in [0.1, 0.15) is 0 Å². The molecule has 0 radical (unpaired) electrons. The van der Waals surface area contributed by atoms with Crippen LogP contribution in [0.3, 0.4) is 0 Å². The highest BCUT2D eigenvalue weighted by atomic mass is 16.5. The van der Waals surface area contributed by atoms with E-state index < -0.39 is 0 Å². The van der Waals surface area contributed by atoms with Crippen molar-refractivity contribution < 1.29 is 9.84 Å². The molecule has 0 aromatic rings. The second-order valence-corrected chi connectivity index (χ2v) is 12.9. The van der Waals surface area contributed by atoms with E-state index in [1.54, 1.807) is 0 Å². The average molecular weight is 403 g/mol. The standard InChI is InChI=1S/C27H46O2/c1-16(2)6-9-23-17(3)25-24(29-23)15-22-20-8-7-18-14-19(28)10-12-26(18,4)21(20)11-13-27(22,25)5/h16-25,28H,6-15H2,1-5H3/t17-,18?,19?,20-,21+,22+,23-,24+,25+,26+,27+/m1/s1. The number of ether oxygens (including phenoxy) is 1. The van der Waals surface area contributed by atoms with E-state index in [-0.39, 0.29) is 6.10 Å². The third-order valence-electron chi connectivity index (χ3n) is 11.3. The lowest BCUT2D eigenvalue weighted by Gasteiger charge is -2.61. The summed E-state index contributed by atoms with van der Waals surface area (Å²) in [6, 6.07) is 0. The normalized spacial score (nSPS) is 56.6. The summed E-state index contributed by atoms with van der Waals surface area (Å²) >= 11 is 0. The Labute approximate surface area is 179 Å². The van der Waals surface area contributed by atoms with Crippen molar-refractivity contribution in [2.45, 2.75) is 117 Å². The average Bonchev–Trinajstić information content (AvgIpc) is 3.14. The maximum atomic E-state index is 10.3. The SMILES string of the molecule is CC(C)CC[C@H]1O[C@H]2C[C@H]3[C@@H]4CCC5CC(O)CC[C@]5(C)[C@H]4CC[C@]3(C)[C@H]2[C@@H]1C. The molecule has 0 spiro atoms. The quantitative estimate of drug-likeness (QED) is 0.587. The second-order valence-electron chi connectivity index (χ2n) is 12.9. The first-order valence-electron chi connectivity index (χ1n) is 13.1. The van der Waals surface area contributed by atoms with Gasteiger partial charge in [0.15, 0.2) is 0 Å². The van der Waals surface area contributed by atoms with Crippen LogP contribution in [0.4, 0.5) is 0 Å². The van der Waals surface area contributed by atoms with Crippen LogP contribution < -0.4 is 0 Å². The van der Waals surface area contributed by atoms with Crippen molar-refractivity contribution in [3.05, 3.63) is 0 Å². The first-order chi connectivity index (χ1) is 13.7. The molecule has 2 unspecified atom stereocenters. The van der Waals surface area contributed by atoms with Gasteiger partial charge in [0.25, 0.3) is 0 Å². The zero-order valence-corrected chi connectivity index (χ0v) is 19.7. The molecule has 11 atom stereocenters. The Morgan fingerprint density at radius 3 is 2.48 bits per heavy atom. The Kier molecular flexibility index (Phi) is 5.18. The van der Waals surface area contributed by atoms with E-state index >= 15 is 0 Å². The van der Waals surface area contributed by atoms with E-state index in [0.29, 0.717) is 23.0 Å². The maximum absolute atomic E-state index is 10.3. The molecule has 5 fully saturated rings. The van der Waals surface area contributed by atoms with Crippen LogP contribution in [0.25, 0.3) is 0 Å². The highest BCUT2D eigenvalue weighted by molar-refractivity contribution is 5.14. The number of fused-ring (bicyclic) bond motifs is 7. The minimum absolute atomic E-state index is 0.0265. The van der Waals surface area contributed by atoms with Crippen LogP contribution in [0.2, 0.25) is 0 Å². The molecule has 5 rings (SSSR count). The molecule has 1 N–H and O–H groups in total. The summed E-state index contributed by atoms with van der Waals surface area (Å²) in [7, 11) is 0.